The van der Waals surface area contributed by atoms with Gasteiger partial charge in [0, 0.05) is 18.7 Å². The van der Waals surface area contributed by atoms with Crippen molar-refractivity contribution < 1.29 is 24.2 Å². The number of carboxylic acids is 1. The number of nitrogens with zero attached hydrogens (tertiary/aromatic N) is 2. The van der Waals surface area contributed by atoms with Gasteiger partial charge < -0.3 is 19.6 Å². The quantitative estimate of drug-likeness (QED) is 0.861. The molecule has 2 heterocycles. The molecule has 1 N–H and O–H groups in total. The molecule has 4 rings (SSSR count). The summed E-state index contributed by atoms with van der Waals surface area (Å²) >= 11 is 0. The highest BCUT2D eigenvalue weighted by atomic mass is 16.5. The maximum atomic E-state index is 12.7. The topological polar surface area (TPSA) is 87.2 Å². The van der Waals surface area contributed by atoms with Gasteiger partial charge in [-0.3, -0.25) is 14.4 Å². The zero-order chi connectivity index (χ0) is 20.4. The second-order valence-corrected chi connectivity index (χ2v) is 7.36. The molecule has 2 aliphatic heterocycles. The molecule has 1 atom stereocenters. The van der Waals surface area contributed by atoms with Gasteiger partial charge in [0.2, 0.25) is 0 Å². The molecule has 2 aliphatic rings. The van der Waals surface area contributed by atoms with Crippen LogP contribution in [0.4, 0.5) is 5.69 Å². The van der Waals surface area contributed by atoms with E-state index in [2.05, 4.69) is 0 Å². The molecular formula is C22H22N2O5. The fourth-order valence-corrected chi connectivity index (χ4v) is 3.81. The van der Waals surface area contributed by atoms with Gasteiger partial charge in [-0.2, -0.15) is 0 Å². The van der Waals surface area contributed by atoms with Crippen molar-refractivity contribution in [3.8, 4) is 5.75 Å². The summed E-state index contributed by atoms with van der Waals surface area (Å²) in [5.41, 5.74) is 2.15. The van der Waals surface area contributed by atoms with E-state index in [0.717, 1.165) is 11.3 Å². The maximum Gasteiger partial charge on any atom is 0.308 e. The Balaban J connectivity index is 1.46. The number of amides is 2. The highest BCUT2D eigenvalue weighted by Gasteiger charge is 2.29. The number of anilines is 1. The van der Waals surface area contributed by atoms with Gasteiger partial charge in [0.15, 0.2) is 6.61 Å². The Kier molecular flexibility index (Phi) is 5.20. The van der Waals surface area contributed by atoms with E-state index in [1.165, 1.54) is 0 Å². The summed E-state index contributed by atoms with van der Waals surface area (Å²) in [4.78, 5) is 39.6. The fourth-order valence-electron chi connectivity index (χ4n) is 3.81. The summed E-state index contributed by atoms with van der Waals surface area (Å²) in [6.45, 7) is 1.21. The Morgan fingerprint density at radius 1 is 1.10 bits per heavy atom. The Hall–Kier alpha value is -3.35. The van der Waals surface area contributed by atoms with Crippen molar-refractivity contribution in [3.63, 3.8) is 0 Å². The van der Waals surface area contributed by atoms with Crippen LogP contribution < -0.4 is 9.64 Å². The fraction of sp³-hybridized carbons (Fsp3) is 0.318. The van der Waals surface area contributed by atoms with Crippen molar-refractivity contribution in [1.29, 1.82) is 0 Å². The molecule has 1 saturated heterocycles. The number of hydrogen-bond acceptors (Lipinski definition) is 4. The van der Waals surface area contributed by atoms with Crippen LogP contribution >= 0.6 is 0 Å². The van der Waals surface area contributed by atoms with Crippen LogP contribution in [0.1, 0.15) is 28.8 Å². The maximum absolute atomic E-state index is 12.7. The zero-order valence-corrected chi connectivity index (χ0v) is 15.9. The number of likely N-dealkylation sites (tertiary alicyclic amines) is 1. The van der Waals surface area contributed by atoms with Crippen LogP contribution in [0.2, 0.25) is 0 Å². The van der Waals surface area contributed by atoms with E-state index in [1.54, 1.807) is 21.9 Å². The van der Waals surface area contributed by atoms with Gasteiger partial charge in [-0.25, -0.2) is 0 Å². The van der Waals surface area contributed by atoms with Gasteiger partial charge >= 0.3 is 5.97 Å². The number of hydrogen-bond donors (Lipinski definition) is 1. The molecule has 1 fully saturated rings. The monoisotopic (exact) mass is 394 g/mol. The van der Waals surface area contributed by atoms with Crippen molar-refractivity contribution >= 4 is 23.5 Å². The minimum absolute atomic E-state index is 0.00723. The van der Waals surface area contributed by atoms with Gasteiger partial charge in [-0.05, 0) is 42.7 Å². The number of carbonyl (C=O) groups is 3. The molecule has 7 nitrogen and oxygen atoms in total. The number of carbonyl (C=O) groups excluding carboxylic acids is 2. The molecule has 0 aromatic heterocycles. The lowest BCUT2D eigenvalue weighted by Crippen LogP contribution is -2.42. The van der Waals surface area contributed by atoms with Crippen LogP contribution in [-0.2, 0) is 16.1 Å². The van der Waals surface area contributed by atoms with Gasteiger partial charge in [0.25, 0.3) is 11.8 Å². The molecule has 0 bridgehead atoms. The van der Waals surface area contributed by atoms with Gasteiger partial charge in [0.05, 0.1) is 18.2 Å². The first-order chi connectivity index (χ1) is 14.0. The molecule has 7 heteroatoms. The minimum atomic E-state index is -0.853. The molecule has 2 aromatic rings. The molecule has 1 unspecified atom stereocenters. The zero-order valence-electron chi connectivity index (χ0n) is 15.9. The predicted octanol–water partition coefficient (Wildman–Crippen LogP) is 2.55. The first-order valence-corrected chi connectivity index (χ1v) is 9.66. The number of aliphatic carboxylic acids is 1. The lowest BCUT2D eigenvalue weighted by atomic mass is 9.97. The van der Waals surface area contributed by atoms with Crippen LogP contribution in [0.5, 0.6) is 5.75 Å². The molecule has 29 heavy (non-hydrogen) atoms. The van der Waals surface area contributed by atoms with Gasteiger partial charge in [-0.15, -0.1) is 0 Å². The number of fused-ring (bicyclic) bond motifs is 1. The van der Waals surface area contributed by atoms with E-state index in [9.17, 15) is 19.5 Å². The Morgan fingerprint density at radius 3 is 2.62 bits per heavy atom. The third-order valence-corrected chi connectivity index (χ3v) is 5.41. The van der Waals surface area contributed by atoms with Crippen molar-refractivity contribution in [2.45, 2.75) is 19.4 Å². The lowest BCUT2D eigenvalue weighted by molar-refractivity contribution is -0.143. The third-order valence-electron chi connectivity index (χ3n) is 5.41. The normalized spacial score (nSPS) is 18.8. The summed E-state index contributed by atoms with van der Waals surface area (Å²) in [5.74, 6) is -0.947. The number of rotatable bonds is 4. The third kappa shape index (κ3) is 3.94. The van der Waals surface area contributed by atoms with E-state index < -0.39 is 11.9 Å². The average molecular weight is 394 g/mol. The van der Waals surface area contributed by atoms with Crippen molar-refractivity contribution in [2.75, 3.05) is 24.6 Å². The molecule has 2 amide bonds. The smallest absolute Gasteiger partial charge is 0.308 e. The summed E-state index contributed by atoms with van der Waals surface area (Å²) in [7, 11) is 0. The second kappa shape index (κ2) is 7.95. The highest BCUT2D eigenvalue weighted by Crippen LogP contribution is 2.32. The van der Waals surface area contributed by atoms with E-state index in [4.69, 9.17) is 4.74 Å². The summed E-state index contributed by atoms with van der Waals surface area (Å²) < 4.78 is 5.46. The van der Waals surface area contributed by atoms with E-state index >= 15 is 0 Å². The number of para-hydroxylation sites is 2. The predicted molar refractivity (Wildman–Crippen MR) is 106 cm³/mol. The number of benzene rings is 2. The average Bonchev–Trinajstić information content (AvgIpc) is 2.76. The molecule has 2 aromatic carbocycles. The van der Waals surface area contributed by atoms with Crippen LogP contribution in [0, 0.1) is 5.92 Å². The van der Waals surface area contributed by atoms with E-state index in [0.29, 0.717) is 37.2 Å². The Labute approximate surface area is 168 Å². The Morgan fingerprint density at radius 2 is 1.86 bits per heavy atom. The molecule has 0 saturated carbocycles. The number of piperidine rings is 1. The standard InChI is InChI=1S/C22H22N2O5/c25-20-14-29-19-6-2-1-5-18(19)24(20)12-15-7-9-16(10-8-15)21(26)23-11-3-4-17(13-23)22(27)28/h1-2,5-10,17H,3-4,11-14H2,(H,27,28). The Bertz CT molecular complexity index is 940. The highest BCUT2D eigenvalue weighted by molar-refractivity contribution is 5.98. The SMILES string of the molecule is O=C(O)C1CCCN(C(=O)c2ccc(CN3C(=O)COc4ccccc43)cc2)C1. The van der Waals surface area contributed by atoms with Crippen molar-refractivity contribution in [3.05, 3.63) is 59.7 Å². The molecule has 0 radical (unpaired) electrons. The first-order valence-electron chi connectivity index (χ1n) is 9.66. The summed E-state index contributed by atoms with van der Waals surface area (Å²) in [6, 6.07) is 14.5. The van der Waals surface area contributed by atoms with Gasteiger partial charge in [-0.1, -0.05) is 24.3 Å². The number of ether oxygens (including phenoxy) is 1. The van der Waals surface area contributed by atoms with Crippen LogP contribution in [0.3, 0.4) is 0 Å². The van der Waals surface area contributed by atoms with Crippen LogP contribution in [0.15, 0.2) is 48.5 Å². The molecule has 0 aliphatic carbocycles. The van der Waals surface area contributed by atoms with E-state index in [-0.39, 0.29) is 25.0 Å². The summed E-state index contributed by atoms with van der Waals surface area (Å²) in [6.07, 6.45) is 1.30. The second-order valence-electron chi connectivity index (χ2n) is 7.36. The van der Waals surface area contributed by atoms with Crippen molar-refractivity contribution in [1.82, 2.24) is 4.90 Å². The minimum Gasteiger partial charge on any atom is -0.482 e. The molecule has 150 valence electrons. The van der Waals surface area contributed by atoms with Crippen molar-refractivity contribution in [2.24, 2.45) is 5.92 Å². The molecular weight excluding hydrogens is 372 g/mol. The summed E-state index contributed by atoms with van der Waals surface area (Å²) in [5, 5.41) is 9.21. The van der Waals surface area contributed by atoms with E-state index in [1.807, 2.05) is 36.4 Å². The first kappa shape index (κ1) is 19.0. The lowest BCUT2D eigenvalue weighted by Gasteiger charge is -2.31. The largest absolute Gasteiger partial charge is 0.482 e. The van der Waals surface area contributed by atoms with Crippen LogP contribution in [0.25, 0.3) is 0 Å². The van der Waals surface area contributed by atoms with Gasteiger partial charge in [0.1, 0.15) is 5.75 Å². The molecule has 0 spiro atoms. The number of carboxylic acid groups (broad SMARTS) is 1. The van der Waals surface area contributed by atoms with Crippen LogP contribution in [-0.4, -0.2) is 47.5 Å².